The predicted octanol–water partition coefficient (Wildman–Crippen LogP) is 2.67. The number of amides is 5. The highest BCUT2D eigenvalue weighted by Gasteiger charge is 2.53. The molecule has 2 N–H and O–H groups in total. The van der Waals surface area contributed by atoms with Crippen molar-refractivity contribution >= 4 is 35.3 Å². The highest BCUT2D eigenvalue weighted by Crippen LogP contribution is 2.30. The Hall–Kier alpha value is -2.28. The number of anilines is 1. The Morgan fingerprint density at radius 3 is 2.32 bits per heavy atom. The Kier molecular flexibility index (Phi) is 4.60. The van der Waals surface area contributed by atoms with E-state index in [0.717, 1.165) is 0 Å². The quantitative estimate of drug-likeness (QED) is 0.791. The van der Waals surface area contributed by atoms with E-state index in [9.17, 15) is 14.4 Å². The number of imide groups is 1. The van der Waals surface area contributed by atoms with Gasteiger partial charge in [0.15, 0.2) is 0 Å². The van der Waals surface area contributed by atoms with Crippen LogP contribution in [0.2, 0.25) is 5.02 Å². The van der Waals surface area contributed by atoms with Crippen molar-refractivity contribution < 1.29 is 14.4 Å². The first-order valence-corrected chi connectivity index (χ1v) is 8.67. The normalized spacial score (nSPS) is 19.5. The summed E-state index contributed by atoms with van der Waals surface area (Å²) in [6, 6.07) is 6.11. The maximum absolute atomic E-state index is 12.6. The second-order valence-corrected chi connectivity index (χ2v) is 7.14. The summed E-state index contributed by atoms with van der Waals surface area (Å²) in [6.45, 7) is 4.42. The lowest BCUT2D eigenvalue weighted by atomic mass is 9.87. The molecule has 25 heavy (non-hydrogen) atoms. The Balaban J connectivity index is 1.62. The average molecular weight is 365 g/mol. The summed E-state index contributed by atoms with van der Waals surface area (Å²) in [7, 11) is 0. The number of urea groups is 2. The van der Waals surface area contributed by atoms with Crippen LogP contribution in [0, 0.1) is 0 Å². The Labute approximate surface area is 151 Å². The second-order valence-electron chi connectivity index (χ2n) is 6.71. The maximum atomic E-state index is 12.6. The lowest BCUT2D eigenvalue weighted by molar-refractivity contribution is -0.133. The molecule has 0 atom stereocenters. The van der Waals surface area contributed by atoms with Crippen LogP contribution in [0.4, 0.5) is 15.3 Å². The number of nitrogens with one attached hydrogen (secondary N) is 2. The van der Waals surface area contributed by atoms with E-state index < -0.39 is 5.54 Å². The number of likely N-dealkylation sites (tertiary alicyclic amines) is 1. The van der Waals surface area contributed by atoms with Crippen molar-refractivity contribution in [2.75, 3.05) is 18.4 Å². The molecule has 3 rings (SSSR count). The molecule has 0 unspecified atom stereocenters. The van der Waals surface area contributed by atoms with Gasteiger partial charge in [-0.25, -0.2) is 9.59 Å². The molecule has 2 aliphatic rings. The Bertz CT molecular complexity index is 696. The van der Waals surface area contributed by atoms with Gasteiger partial charge in [0.05, 0.1) is 0 Å². The summed E-state index contributed by atoms with van der Waals surface area (Å²) in [5.41, 5.74) is -0.218. The summed E-state index contributed by atoms with van der Waals surface area (Å²) in [6.07, 6.45) is 0.823. The van der Waals surface area contributed by atoms with Crippen molar-refractivity contribution in [2.24, 2.45) is 0 Å². The fourth-order valence-electron chi connectivity index (χ4n) is 3.28. The highest BCUT2D eigenvalue weighted by atomic mass is 35.5. The standard InChI is InChI=1S/C17H21ClN4O3/c1-11(2)22-14(23)17(20-16(22)25)7-9-21(10-8-17)15(24)19-13-5-3-12(18)4-6-13/h3-6,11H,7-10H2,1-2H3,(H,19,24)(H,20,25). The molecule has 8 heteroatoms. The SMILES string of the molecule is CC(C)N1C(=O)NC2(CCN(C(=O)Nc3ccc(Cl)cc3)CC2)C1=O. The monoisotopic (exact) mass is 364 g/mol. The van der Waals surface area contributed by atoms with Gasteiger partial charge in [-0.2, -0.15) is 0 Å². The first kappa shape index (κ1) is 17.5. The van der Waals surface area contributed by atoms with E-state index in [1.165, 1.54) is 4.90 Å². The first-order chi connectivity index (χ1) is 11.8. The Morgan fingerprint density at radius 1 is 1.20 bits per heavy atom. The van der Waals surface area contributed by atoms with E-state index in [0.29, 0.717) is 36.6 Å². The molecule has 2 aliphatic heterocycles. The largest absolute Gasteiger partial charge is 0.325 e. The predicted molar refractivity (Wildman–Crippen MR) is 94.5 cm³/mol. The fraction of sp³-hybridized carbons (Fsp3) is 0.471. The van der Waals surface area contributed by atoms with Crippen LogP contribution in [0.1, 0.15) is 26.7 Å². The average Bonchev–Trinajstić information content (AvgIpc) is 2.80. The molecule has 7 nitrogen and oxygen atoms in total. The molecule has 2 saturated heterocycles. The van der Waals surface area contributed by atoms with E-state index in [2.05, 4.69) is 10.6 Å². The number of halogens is 1. The highest BCUT2D eigenvalue weighted by molar-refractivity contribution is 6.30. The van der Waals surface area contributed by atoms with Crippen molar-refractivity contribution in [1.82, 2.24) is 15.1 Å². The molecule has 0 aromatic heterocycles. The summed E-state index contributed by atoms with van der Waals surface area (Å²) in [4.78, 5) is 40.0. The molecule has 0 radical (unpaired) electrons. The number of carbonyl (C=O) groups is 3. The van der Waals surface area contributed by atoms with E-state index >= 15 is 0 Å². The first-order valence-electron chi connectivity index (χ1n) is 8.30. The molecule has 2 heterocycles. The maximum Gasteiger partial charge on any atom is 0.325 e. The van der Waals surface area contributed by atoms with Crippen LogP contribution in [0.3, 0.4) is 0 Å². The molecular formula is C17H21ClN4O3. The van der Waals surface area contributed by atoms with Gasteiger partial charge in [-0.3, -0.25) is 9.69 Å². The molecule has 0 bridgehead atoms. The Morgan fingerprint density at radius 2 is 1.80 bits per heavy atom. The van der Waals surface area contributed by atoms with E-state index in [-0.39, 0.29) is 24.0 Å². The van der Waals surface area contributed by atoms with Crippen LogP contribution in [0.5, 0.6) is 0 Å². The molecular weight excluding hydrogens is 344 g/mol. The molecule has 0 aliphatic carbocycles. The third kappa shape index (κ3) is 3.28. The van der Waals surface area contributed by atoms with Crippen LogP contribution in [0.25, 0.3) is 0 Å². The van der Waals surface area contributed by atoms with Crippen LogP contribution in [0.15, 0.2) is 24.3 Å². The minimum atomic E-state index is -0.877. The molecule has 0 saturated carbocycles. The van der Waals surface area contributed by atoms with Crippen molar-refractivity contribution in [1.29, 1.82) is 0 Å². The minimum Gasteiger partial charge on any atom is -0.324 e. The topological polar surface area (TPSA) is 81.8 Å². The van der Waals surface area contributed by atoms with Gasteiger partial charge >= 0.3 is 12.1 Å². The van der Waals surface area contributed by atoms with Gasteiger partial charge in [-0.15, -0.1) is 0 Å². The van der Waals surface area contributed by atoms with Crippen LogP contribution in [-0.4, -0.2) is 52.4 Å². The number of hydrogen-bond donors (Lipinski definition) is 2. The van der Waals surface area contributed by atoms with E-state index in [4.69, 9.17) is 11.6 Å². The number of piperidine rings is 1. The van der Waals surface area contributed by atoms with Gasteiger partial charge in [0, 0.05) is 29.8 Å². The summed E-state index contributed by atoms with van der Waals surface area (Å²) < 4.78 is 0. The third-order valence-electron chi connectivity index (χ3n) is 4.71. The summed E-state index contributed by atoms with van der Waals surface area (Å²) >= 11 is 5.83. The third-order valence-corrected chi connectivity index (χ3v) is 4.96. The van der Waals surface area contributed by atoms with E-state index in [1.807, 2.05) is 13.8 Å². The molecule has 5 amide bonds. The van der Waals surface area contributed by atoms with Gasteiger partial charge in [0.1, 0.15) is 5.54 Å². The van der Waals surface area contributed by atoms with E-state index in [1.54, 1.807) is 29.2 Å². The zero-order valence-corrected chi connectivity index (χ0v) is 15.0. The number of benzene rings is 1. The summed E-state index contributed by atoms with van der Waals surface area (Å²) in [5.74, 6) is -0.190. The minimum absolute atomic E-state index is 0.182. The van der Waals surface area contributed by atoms with Gasteiger partial charge in [-0.1, -0.05) is 11.6 Å². The van der Waals surface area contributed by atoms with Crippen molar-refractivity contribution in [3.05, 3.63) is 29.3 Å². The smallest absolute Gasteiger partial charge is 0.324 e. The fourth-order valence-corrected chi connectivity index (χ4v) is 3.40. The molecule has 134 valence electrons. The number of rotatable bonds is 2. The lowest BCUT2D eigenvalue weighted by Gasteiger charge is -2.37. The molecule has 1 aromatic rings. The molecule has 1 spiro atoms. The van der Waals surface area contributed by atoms with Gasteiger partial charge < -0.3 is 15.5 Å². The van der Waals surface area contributed by atoms with Crippen LogP contribution in [-0.2, 0) is 4.79 Å². The van der Waals surface area contributed by atoms with Crippen LogP contribution < -0.4 is 10.6 Å². The second kappa shape index (κ2) is 6.55. The zero-order valence-electron chi connectivity index (χ0n) is 14.2. The lowest BCUT2D eigenvalue weighted by Crippen LogP contribution is -2.56. The van der Waals surface area contributed by atoms with Crippen LogP contribution >= 0.6 is 11.6 Å². The number of carbonyl (C=O) groups excluding carboxylic acids is 3. The zero-order chi connectivity index (χ0) is 18.2. The van der Waals surface area contributed by atoms with Crippen molar-refractivity contribution in [3.8, 4) is 0 Å². The number of nitrogens with zero attached hydrogens (tertiary/aromatic N) is 2. The molecule has 2 fully saturated rings. The summed E-state index contributed by atoms with van der Waals surface area (Å²) in [5, 5.41) is 6.24. The van der Waals surface area contributed by atoms with Crippen molar-refractivity contribution in [2.45, 2.75) is 38.3 Å². The molecule has 1 aromatic carbocycles. The number of hydrogen-bond acceptors (Lipinski definition) is 3. The van der Waals surface area contributed by atoms with Gasteiger partial charge in [-0.05, 0) is 51.0 Å². The van der Waals surface area contributed by atoms with Gasteiger partial charge in [0.25, 0.3) is 5.91 Å². The van der Waals surface area contributed by atoms with Crippen molar-refractivity contribution in [3.63, 3.8) is 0 Å². The van der Waals surface area contributed by atoms with Gasteiger partial charge in [0.2, 0.25) is 0 Å².